The Balaban J connectivity index is 1.29. The number of nitro benzene ring substituents is 1. The van der Waals surface area contributed by atoms with Gasteiger partial charge in [0.2, 0.25) is 0 Å². The van der Waals surface area contributed by atoms with Gasteiger partial charge in [-0.2, -0.15) is 0 Å². The van der Waals surface area contributed by atoms with Crippen molar-refractivity contribution in [3.05, 3.63) is 106 Å². The predicted molar refractivity (Wildman–Crippen MR) is 139 cm³/mol. The van der Waals surface area contributed by atoms with Gasteiger partial charge in [0.05, 0.1) is 11.5 Å². The van der Waals surface area contributed by atoms with Crippen LogP contribution >= 0.6 is 0 Å². The van der Waals surface area contributed by atoms with E-state index in [1.165, 1.54) is 12.1 Å². The number of rotatable bonds is 7. The van der Waals surface area contributed by atoms with Crippen LogP contribution in [0.1, 0.15) is 26.3 Å². The number of aromatic nitrogens is 2. The molecule has 4 aromatic rings. The Labute approximate surface area is 210 Å². The summed E-state index contributed by atoms with van der Waals surface area (Å²) in [6, 6.07) is 17.7. The number of H-pyrrole nitrogens is 1. The minimum atomic E-state index is -0.685. The van der Waals surface area contributed by atoms with Crippen LogP contribution < -0.4 is 16.0 Å². The molecule has 0 saturated heterocycles. The molecule has 11 heteroatoms. The lowest BCUT2D eigenvalue weighted by molar-refractivity contribution is -0.385. The molecule has 4 N–H and O–H groups in total. The van der Waals surface area contributed by atoms with Crippen LogP contribution in [-0.4, -0.2) is 45.6 Å². The summed E-state index contributed by atoms with van der Waals surface area (Å²) in [5.41, 5.74) is 2.12. The second-order valence-electron chi connectivity index (χ2n) is 8.15. The van der Waals surface area contributed by atoms with Gasteiger partial charge in [0.1, 0.15) is 17.2 Å². The molecule has 0 spiro atoms. The maximum absolute atomic E-state index is 12.8. The average Bonchev–Trinajstić information content (AvgIpc) is 3.64. The molecule has 0 unspecified atom stereocenters. The van der Waals surface area contributed by atoms with E-state index in [1.807, 2.05) is 12.1 Å². The SMILES string of the molecule is O=C(Nc1ccc(C2=NCCN2)cc1)c1ccc(C(=O)Nc2ccc(-c3ncc[nH]3)cc2)c([N+](=O)[O-])c1. The molecule has 184 valence electrons. The largest absolute Gasteiger partial charge is 0.368 e. The molecular formula is C26H21N7O4. The normalized spacial score (nSPS) is 12.4. The summed E-state index contributed by atoms with van der Waals surface area (Å²) >= 11 is 0. The minimum Gasteiger partial charge on any atom is -0.368 e. The van der Waals surface area contributed by atoms with Gasteiger partial charge < -0.3 is 20.9 Å². The number of carbonyl (C=O) groups is 2. The summed E-state index contributed by atoms with van der Waals surface area (Å²) < 4.78 is 0. The van der Waals surface area contributed by atoms with Crippen LogP contribution in [0.2, 0.25) is 0 Å². The Hall–Kier alpha value is -5.32. The number of benzene rings is 3. The molecule has 0 atom stereocenters. The van der Waals surface area contributed by atoms with E-state index in [4.69, 9.17) is 0 Å². The van der Waals surface area contributed by atoms with Crippen LogP contribution in [0.25, 0.3) is 11.4 Å². The number of nitrogens with one attached hydrogen (secondary N) is 4. The van der Waals surface area contributed by atoms with E-state index < -0.39 is 22.4 Å². The lowest BCUT2D eigenvalue weighted by Crippen LogP contribution is -2.19. The topological polar surface area (TPSA) is 154 Å². The quantitative estimate of drug-likeness (QED) is 0.226. The first-order chi connectivity index (χ1) is 18.0. The lowest BCUT2D eigenvalue weighted by atomic mass is 10.1. The van der Waals surface area contributed by atoms with E-state index in [1.54, 1.807) is 48.8 Å². The third-order valence-electron chi connectivity index (χ3n) is 5.71. The van der Waals surface area contributed by atoms with Gasteiger partial charge in [-0.1, -0.05) is 0 Å². The van der Waals surface area contributed by atoms with E-state index in [9.17, 15) is 19.7 Å². The molecule has 0 aliphatic carbocycles. The first-order valence-corrected chi connectivity index (χ1v) is 11.4. The van der Waals surface area contributed by atoms with Crippen LogP contribution in [0.5, 0.6) is 0 Å². The Bertz CT molecular complexity index is 1500. The monoisotopic (exact) mass is 495 g/mol. The minimum absolute atomic E-state index is 0.0527. The van der Waals surface area contributed by atoms with Crippen molar-refractivity contribution >= 4 is 34.7 Å². The van der Waals surface area contributed by atoms with Crippen molar-refractivity contribution < 1.29 is 14.5 Å². The van der Waals surface area contributed by atoms with Gasteiger partial charge in [0.25, 0.3) is 17.5 Å². The van der Waals surface area contributed by atoms with Crippen LogP contribution in [0.4, 0.5) is 17.1 Å². The zero-order valence-corrected chi connectivity index (χ0v) is 19.4. The molecule has 37 heavy (non-hydrogen) atoms. The zero-order chi connectivity index (χ0) is 25.8. The van der Waals surface area contributed by atoms with E-state index in [0.29, 0.717) is 17.2 Å². The molecule has 0 bridgehead atoms. The number of amidine groups is 1. The maximum atomic E-state index is 12.8. The molecule has 1 aliphatic rings. The number of hydrogen-bond donors (Lipinski definition) is 4. The Morgan fingerprint density at radius 1 is 0.892 bits per heavy atom. The highest BCUT2D eigenvalue weighted by Crippen LogP contribution is 2.24. The van der Waals surface area contributed by atoms with E-state index >= 15 is 0 Å². The van der Waals surface area contributed by atoms with Gasteiger partial charge >= 0.3 is 0 Å². The highest BCUT2D eigenvalue weighted by molar-refractivity contribution is 6.10. The second kappa shape index (κ2) is 10.1. The molecule has 5 rings (SSSR count). The molecule has 0 radical (unpaired) electrons. The number of carbonyl (C=O) groups excluding carboxylic acids is 2. The number of anilines is 2. The third kappa shape index (κ3) is 5.20. The lowest BCUT2D eigenvalue weighted by Gasteiger charge is -2.09. The van der Waals surface area contributed by atoms with Crippen LogP contribution in [-0.2, 0) is 0 Å². The van der Waals surface area contributed by atoms with Gasteiger partial charge in [-0.25, -0.2) is 4.98 Å². The van der Waals surface area contributed by atoms with Crippen LogP contribution in [0, 0.1) is 10.1 Å². The summed E-state index contributed by atoms with van der Waals surface area (Å²) in [4.78, 5) is 48.1. The number of nitrogens with zero attached hydrogens (tertiary/aromatic N) is 3. The molecule has 2 heterocycles. The summed E-state index contributed by atoms with van der Waals surface area (Å²) in [7, 11) is 0. The van der Waals surface area contributed by atoms with Gasteiger partial charge in [-0.15, -0.1) is 0 Å². The van der Waals surface area contributed by atoms with E-state index in [0.717, 1.165) is 36.1 Å². The first kappa shape index (κ1) is 23.4. The maximum Gasteiger partial charge on any atom is 0.282 e. The molecule has 2 amide bonds. The predicted octanol–water partition coefficient (Wildman–Crippen LogP) is 3.84. The smallest absolute Gasteiger partial charge is 0.282 e. The molecule has 3 aromatic carbocycles. The summed E-state index contributed by atoms with van der Waals surface area (Å²) in [6.07, 6.45) is 3.34. The number of amides is 2. The molecule has 0 saturated carbocycles. The van der Waals surface area contributed by atoms with E-state index in [-0.39, 0.29) is 11.1 Å². The molecular weight excluding hydrogens is 474 g/mol. The number of aromatic amines is 1. The Kier molecular flexibility index (Phi) is 6.41. The van der Waals surface area contributed by atoms with Crippen molar-refractivity contribution in [2.24, 2.45) is 4.99 Å². The molecule has 1 aromatic heterocycles. The highest BCUT2D eigenvalue weighted by Gasteiger charge is 2.23. The summed E-state index contributed by atoms with van der Waals surface area (Å²) in [5.74, 6) is 0.283. The molecule has 0 fully saturated rings. The van der Waals surface area contributed by atoms with Gasteiger partial charge in [0, 0.05) is 53.1 Å². The number of imidazole rings is 1. The Morgan fingerprint density at radius 3 is 2.16 bits per heavy atom. The van der Waals surface area contributed by atoms with Gasteiger partial charge in [-0.05, 0) is 60.7 Å². The van der Waals surface area contributed by atoms with Crippen molar-refractivity contribution in [2.45, 2.75) is 0 Å². The van der Waals surface area contributed by atoms with Crippen LogP contribution in [0.3, 0.4) is 0 Å². The van der Waals surface area contributed by atoms with E-state index in [2.05, 4.69) is 30.9 Å². The Morgan fingerprint density at radius 2 is 1.57 bits per heavy atom. The van der Waals surface area contributed by atoms with Crippen molar-refractivity contribution in [2.75, 3.05) is 23.7 Å². The van der Waals surface area contributed by atoms with Gasteiger partial charge in [0.15, 0.2) is 0 Å². The number of aliphatic imine (C=N–C) groups is 1. The van der Waals surface area contributed by atoms with Crippen molar-refractivity contribution in [1.82, 2.24) is 15.3 Å². The van der Waals surface area contributed by atoms with Crippen molar-refractivity contribution in [3.63, 3.8) is 0 Å². The number of hydrogen-bond acceptors (Lipinski definition) is 7. The fourth-order valence-corrected chi connectivity index (χ4v) is 3.85. The molecule has 1 aliphatic heterocycles. The fourth-order valence-electron chi connectivity index (χ4n) is 3.85. The second-order valence-corrected chi connectivity index (χ2v) is 8.15. The van der Waals surface area contributed by atoms with Crippen molar-refractivity contribution in [1.29, 1.82) is 0 Å². The van der Waals surface area contributed by atoms with Gasteiger partial charge in [-0.3, -0.25) is 24.7 Å². The fraction of sp³-hybridized carbons (Fsp3) is 0.0769. The third-order valence-corrected chi connectivity index (χ3v) is 5.71. The molecule has 11 nitrogen and oxygen atoms in total. The first-order valence-electron chi connectivity index (χ1n) is 11.4. The van der Waals surface area contributed by atoms with Crippen molar-refractivity contribution in [3.8, 4) is 11.4 Å². The summed E-state index contributed by atoms with van der Waals surface area (Å²) in [5, 5.41) is 20.3. The van der Waals surface area contributed by atoms with Crippen LogP contribution in [0.15, 0.2) is 84.1 Å². The standard InChI is InChI=1S/C26H21N7O4/c34-25(31-19-6-1-16(2-7-19)23-27-11-12-28-23)18-5-10-21(22(15-18)33(36)37)26(35)32-20-8-3-17(4-9-20)24-29-13-14-30-24/h1-10,13-15H,11-12H2,(H,27,28)(H,29,30)(H,31,34)(H,32,35). The summed E-state index contributed by atoms with van der Waals surface area (Å²) in [6.45, 7) is 1.51. The zero-order valence-electron chi connectivity index (χ0n) is 19.4. The number of nitro groups is 1. The average molecular weight is 495 g/mol. The highest BCUT2D eigenvalue weighted by atomic mass is 16.6.